The van der Waals surface area contributed by atoms with Crippen LogP contribution in [0.15, 0.2) is 146 Å². The van der Waals surface area contributed by atoms with Crippen LogP contribution in [0.3, 0.4) is 0 Å². The van der Waals surface area contributed by atoms with Crippen molar-refractivity contribution in [2.45, 2.75) is 200 Å². The number of nitrogens with zero attached hydrogens (tertiary/aromatic N) is 1. The molecule has 73 heavy (non-hydrogen) atoms. The van der Waals surface area contributed by atoms with Crippen molar-refractivity contribution in [1.29, 1.82) is 0 Å². The van der Waals surface area contributed by atoms with Gasteiger partial charge in [0.15, 0.2) is 0 Å². The third-order valence-corrected chi connectivity index (χ3v) is 12.3. The highest BCUT2D eigenvalue weighted by Gasteiger charge is 2.30. The summed E-state index contributed by atoms with van der Waals surface area (Å²) in [6, 6.07) is -0.922. The van der Waals surface area contributed by atoms with Gasteiger partial charge in [0, 0.05) is 12.8 Å². The lowest BCUT2D eigenvalue weighted by Gasteiger charge is -2.27. The monoisotopic (exact) mass is 1030 g/mol. The Morgan fingerprint density at radius 3 is 1.33 bits per heavy atom. The molecular weight excluding hydrogens is 928 g/mol. The van der Waals surface area contributed by atoms with E-state index < -0.39 is 25.9 Å². The highest BCUT2D eigenvalue weighted by atomic mass is 31.2. The summed E-state index contributed by atoms with van der Waals surface area (Å²) in [6.07, 6.45) is 74.5. The molecule has 0 bridgehead atoms. The van der Waals surface area contributed by atoms with Crippen LogP contribution >= 0.6 is 7.82 Å². The molecule has 10 heteroatoms. The zero-order valence-electron chi connectivity index (χ0n) is 46.8. The second-order valence-electron chi connectivity index (χ2n) is 19.3. The molecule has 0 aliphatic heterocycles. The lowest BCUT2D eigenvalue weighted by atomic mass is 10.1. The maximum atomic E-state index is 13.5. The molecule has 0 heterocycles. The lowest BCUT2D eigenvalue weighted by molar-refractivity contribution is -0.870. The summed E-state index contributed by atoms with van der Waals surface area (Å²) in [7, 11) is 1.39. The van der Waals surface area contributed by atoms with E-state index in [4.69, 9.17) is 13.8 Å². The van der Waals surface area contributed by atoms with E-state index >= 15 is 0 Å². The Balaban J connectivity index is 5.56. The Morgan fingerprint density at radius 2 is 0.890 bits per heavy atom. The predicted molar refractivity (Wildman–Crippen MR) is 313 cm³/mol. The van der Waals surface area contributed by atoms with Crippen molar-refractivity contribution in [3.8, 4) is 0 Å². The third kappa shape index (κ3) is 52.6. The van der Waals surface area contributed by atoms with Gasteiger partial charge in [-0.1, -0.05) is 212 Å². The topological polar surface area (TPSA) is 111 Å². The molecule has 0 aliphatic rings. The van der Waals surface area contributed by atoms with Crippen LogP contribution in [0.5, 0.6) is 0 Å². The van der Waals surface area contributed by atoms with Crippen molar-refractivity contribution < 1.29 is 37.3 Å². The largest absolute Gasteiger partial charge is 0.472 e. The molecule has 0 fully saturated rings. The van der Waals surface area contributed by atoms with Crippen LogP contribution in [0.25, 0.3) is 0 Å². The number of carbonyl (C=O) groups excluding carboxylic acids is 2. The molecule has 9 nitrogen and oxygen atoms in total. The van der Waals surface area contributed by atoms with E-state index in [1.165, 1.54) is 44.9 Å². The number of quaternary nitrogens is 1. The SMILES string of the molecule is CC/C=C\C/C=C\C/C=C\C/C=C\C/C=C\C/C=C\CCC(=O)NC(COP(=O)(O)OCC[N+](C)(C)C)C(/C=C/CCCCCCCCCCC)OC(=O)CCC/C=C\C/C=C\C/C=C\C/C=C\C/C=C\CC. The molecule has 412 valence electrons. The van der Waals surface area contributed by atoms with Gasteiger partial charge in [0.05, 0.1) is 33.8 Å². The molecule has 0 aromatic rings. The Labute approximate surface area is 447 Å². The minimum atomic E-state index is -4.49. The highest BCUT2D eigenvalue weighted by Crippen LogP contribution is 2.43. The zero-order valence-corrected chi connectivity index (χ0v) is 47.7. The van der Waals surface area contributed by atoms with E-state index in [0.717, 1.165) is 96.3 Å². The maximum Gasteiger partial charge on any atom is 0.472 e. The number of unbranched alkanes of at least 4 members (excludes halogenated alkanes) is 10. The van der Waals surface area contributed by atoms with Crippen molar-refractivity contribution in [3.63, 3.8) is 0 Å². The average molecular weight is 1030 g/mol. The van der Waals surface area contributed by atoms with Gasteiger partial charge in [-0.05, 0) is 109 Å². The standard InChI is InChI=1S/C63H103N2O7P/c1-7-10-13-16-19-22-25-27-29-31-32-34-35-37-40-43-46-49-52-55-62(66)64-60(59-71-73(68,69)70-58-57-65(4,5)6)61(54-51-48-45-42-39-24-21-18-15-12-9-3)72-63(67)56-53-50-47-44-41-38-36-33-30-28-26-23-20-17-14-11-8-2/h10-11,13-14,19-20,22-23,27-30,32,34,36-38,40,44,46-47,49,51,54,60-61H,7-9,12,15-18,21,24-26,31,33,35,39,41-43,45,48,50,52-53,55-59H2,1-6H3,(H-,64,66,68,69)/p+1/b13-10-,14-11-,22-19-,23-20-,29-27-,30-28-,34-32-,38-36-,40-37-,47-44-,49-46-,54-51+. The highest BCUT2D eigenvalue weighted by molar-refractivity contribution is 7.47. The molecule has 0 aliphatic carbocycles. The fraction of sp³-hybridized carbons (Fsp3) is 0.587. The first-order valence-electron chi connectivity index (χ1n) is 28.2. The zero-order chi connectivity index (χ0) is 53.6. The number of phosphoric ester groups is 1. The lowest BCUT2D eigenvalue weighted by Crippen LogP contribution is -2.47. The van der Waals surface area contributed by atoms with Gasteiger partial charge in [-0.2, -0.15) is 0 Å². The average Bonchev–Trinajstić information content (AvgIpc) is 3.35. The number of likely N-dealkylation sites (N-methyl/N-ethyl adjacent to an activating group) is 1. The van der Waals surface area contributed by atoms with Gasteiger partial charge < -0.3 is 19.4 Å². The minimum Gasteiger partial charge on any atom is -0.456 e. The molecule has 1 amide bonds. The number of hydrogen-bond acceptors (Lipinski definition) is 6. The first kappa shape index (κ1) is 68.9. The van der Waals surface area contributed by atoms with Crippen LogP contribution in [0.2, 0.25) is 0 Å². The summed E-state index contributed by atoms with van der Waals surface area (Å²) >= 11 is 0. The number of amides is 1. The van der Waals surface area contributed by atoms with Gasteiger partial charge in [0.2, 0.25) is 5.91 Å². The Hall–Kier alpha value is -4.11. The first-order valence-corrected chi connectivity index (χ1v) is 29.7. The second-order valence-corrected chi connectivity index (χ2v) is 20.8. The van der Waals surface area contributed by atoms with Crippen molar-refractivity contribution in [3.05, 3.63) is 146 Å². The second kappa shape index (κ2) is 51.4. The molecule has 2 N–H and O–H groups in total. The fourth-order valence-corrected chi connectivity index (χ4v) is 7.73. The summed E-state index contributed by atoms with van der Waals surface area (Å²) in [6.45, 7) is 6.64. The normalized spacial score (nSPS) is 14.9. The third-order valence-electron chi connectivity index (χ3n) is 11.3. The van der Waals surface area contributed by atoms with Gasteiger partial charge in [0.25, 0.3) is 0 Å². The number of nitrogens with one attached hydrogen (secondary N) is 1. The molecule has 3 unspecified atom stereocenters. The Kier molecular flexibility index (Phi) is 48.5. The summed E-state index contributed by atoms with van der Waals surface area (Å²) in [4.78, 5) is 37.5. The molecule has 0 saturated carbocycles. The van der Waals surface area contributed by atoms with Crippen LogP contribution in [0, 0.1) is 0 Å². The van der Waals surface area contributed by atoms with Gasteiger partial charge >= 0.3 is 13.8 Å². The number of ether oxygens (including phenoxy) is 1. The quantitative estimate of drug-likeness (QED) is 0.0205. The number of phosphoric acid groups is 1. The van der Waals surface area contributed by atoms with Crippen molar-refractivity contribution in [2.24, 2.45) is 0 Å². The van der Waals surface area contributed by atoms with Crippen LogP contribution in [-0.2, 0) is 27.9 Å². The van der Waals surface area contributed by atoms with E-state index in [1.54, 1.807) is 6.08 Å². The number of allylic oxidation sites excluding steroid dienone is 23. The number of esters is 1. The molecule has 0 rings (SSSR count). The fourth-order valence-electron chi connectivity index (χ4n) is 7.00. The molecule has 0 aromatic heterocycles. The number of carbonyl (C=O) groups is 2. The summed E-state index contributed by atoms with van der Waals surface area (Å²) in [5, 5.41) is 2.97. The van der Waals surface area contributed by atoms with Crippen LogP contribution in [-0.4, -0.2) is 74.3 Å². The minimum absolute atomic E-state index is 0.00913. The Bertz CT molecular complexity index is 1760. The van der Waals surface area contributed by atoms with E-state index in [2.05, 4.69) is 148 Å². The molecule has 0 radical (unpaired) electrons. The van der Waals surface area contributed by atoms with Gasteiger partial charge in [-0.15, -0.1) is 0 Å². The maximum absolute atomic E-state index is 13.5. The number of rotatable bonds is 48. The van der Waals surface area contributed by atoms with E-state index in [-0.39, 0.29) is 32.0 Å². The first-order chi connectivity index (χ1) is 35.4. The molecule has 0 aromatic carbocycles. The Morgan fingerprint density at radius 1 is 0.493 bits per heavy atom. The van der Waals surface area contributed by atoms with Crippen LogP contribution in [0.4, 0.5) is 0 Å². The van der Waals surface area contributed by atoms with Gasteiger partial charge in [-0.3, -0.25) is 18.6 Å². The summed E-state index contributed by atoms with van der Waals surface area (Å²) < 4.78 is 30.5. The van der Waals surface area contributed by atoms with Gasteiger partial charge in [0.1, 0.15) is 19.3 Å². The van der Waals surface area contributed by atoms with E-state index in [1.807, 2.05) is 39.4 Å². The predicted octanol–water partition coefficient (Wildman–Crippen LogP) is 17.1. The van der Waals surface area contributed by atoms with E-state index in [9.17, 15) is 19.0 Å². The molecule has 3 atom stereocenters. The van der Waals surface area contributed by atoms with Crippen LogP contribution < -0.4 is 5.32 Å². The smallest absolute Gasteiger partial charge is 0.456 e. The van der Waals surface area contributed by atoms with E-state index in [0.29, 0.717) is 23.9 Å². The van der Waals surface area contributed by atoms with Crippen molar-refractivity contribution in [2.75, 3.05) is 40.9 Å². The summed E-state index contributed by atoms with van der Waals surface area (Å²) in [5.74, 6) is -0.688. The molecular formula is C63H104N2O7P+. The van der Waals surface area contributed by atoms with Gasteiger partial charge in [-0.25, -0.2) is 4.57 Å². The van der Waals surface area contributed by atoms with Crippen LogP contribution in [0.1, 0.15) is 188 Å². The van der Waals surface area contributed by atoms with Crippen molar-refractivity contribution >= 4 is 19.7 Å². The number of hydrogen-bond donors (Lipinski definition) is 2. The molecule has 0 spiro atoms. The van der Waals surface area contributed by atoms with Crippen molar-refractivity contribution in [1.82, 2.24) is 5.32 Å². The summed E-state index contributed by atoms with van der Waals surface area (Å²) in [5.41, 5.74) is 0. The molecule has 0 saturated heterocycles.